The van der Waals surface area contributed by atoms with Crippen LogP contribution >= 0.6 is 0 Å². The Morgan fingerprint density at radius 2 is 1.67 bits per heavy atom. The Hall–Kier alpha value is -4.19. The Labute approximate surface area is 257 Å². The van der Waals surface area contributed by atoms with Crippen LogP contribution < -0.4 is 15.1 Å². The summed E-state index contributed by atoms with van der Waals surface area (Å²) in [6.45, 7) is 13.1. The number of fused-ring (bicyclic) bond motifs is 1. The third-order valence-corrected chi connectivity index (χ3v) is 7.98. The molecule has 3 aromatic rings. The molecule has 2 heterocycles. The van der Waals surface area contributed by atoms with Gasteiger partial charge >= 0.3 is 0 Å². The van der Waals surface area contributed by atoms with Gasteiger partial charge in [0.25, 0.3) is 5.91 Å². The van der Waals surface area contributed by atoms with Gasteiger partial charge < -0.3 is 15.1 Å². The number of nitrogens with zero attached hydrogens (tertiary/aromatic N) is 3. The summed E-state index contributed by atoms with van der Waals surface area (Å²) in [4.78, 5) is 35.8. The maximum Gasteiger partial charge on any atom is 0.276 e. The lowest BCUT2D eigenvalue weighted by Crippen LogP contribution is -2.33. The zero-order valence-electron chi connectivity index (χ0n) is 26.5. The topological polar surface area (TPSA) is 65.5 Å². The van der Waals surface area contributed by atoms with Crippen LogP contribution in [0.3, 0.4) is 0 Å². The average Bonchev–Trinajstić information content (AvgIpc) is 3.16. The quantitative estimate of drug-likeness (QED) is 0.223. The van der Waals surface area contributed by atoms with E-state index in [1.165, 1.54) is 11.1 Å². The number of aryl methyl sites for hydroxylation is 1. The van der Waals surface area contributed by atoms with Crippen LogP contribution in [0.2, 0.25) is 0 Å². The highest BCUT2D eigenvalue weighted by Crippen LogP contribution is 2.35. The zero-order valence-corrected chi connectivity index (χ0v) is 26.5. The SMILES string of the molecule is CCCNC(=O)/C(C)=C/C1=C(C)c2ccccc2N(C(=O)c2cccc(N(CCC)Cc3ccccc3CCC)n2)CC1. The van der Waals surface area contributed by atoms with Crippen LogP contribution in [0.25, 0.3) is 5.57 Å². The van der Waals surface area contributed by atoms with Crippen molar-refractivity contribution in [2.75, 3.05) is 29.4 Å². The minimum absolute atomic E-state index is 0.0532. The molecule has 6 nitrogen and oxygen atoms in total. The van der Waals surface area contributed by atoms with Crippen LogP contribution in [-0.4, -0.2) is 36.4 Å². The van der Waals surface area contributed by atoms with E-state index in [0.717, 1.165) is 67.0 Å². The fourth-order valence-electron chi connectivity index (χ4n) is 5.67. The summed E-state index contributed by atoms with van der Waals surface area (Å²) in [5.41, 5.74) is 7.78. The first kappa shape index (κ1) is 31.7. The summed E-state index contributed by atoms with van der Waals surface area (Å²) in [6.07, 6.45) is 6.63. The van der Waals surface area contributed by atoms with Crippen LogP contribution in [0, 0.1) is 0 Å². The minimum Gasteiger partial charge on any atom is -0.352 e. The summed E-state index contributed by atoms with van der Waals surface area (Å²) in [5, 5.41) is 2.96. The number of rotatable bonds is 12. The Bertz CT molecular complexity index is 1490. The first-order chi connectivity index (χ1) is 20.9. The summed E-state index contributed by atoms with van der Waals surface area (Å²) in [6, 6.07) is 22.4. The zero-order chi connectivity index (χ0) is 30.8. The predicted molar refractivity (Wildman–Crippen MR) is 178 cm³/mol. The molecule has 43 heavy (non-hydrogen) atoms. The number of nitrogens with one attached hydrogen (secondary N) is 1. The molecule has 0 bridgehead atoms. The fraction of sp³-hybridized carbons (Fsp3) is 0.378. The highest BCUT2D eigenvalue weighted by molar-refractivity contribution is 6.07. The number of benzene rings is 2. The molecule has 0 spiro atoms. The molecule has 2 aromatic carbocycles. The first-order valence-electron chi connectivity index (χ1n) is 15.7. The van der Waals surface area contributed by atoms with E-state index in [-0.39, 0.29) is 11.8 Å². The number of carbonyl (C=O) groups excluding carboxylic acids is 2. The van der Waals surface area contributed by atoms with Crippen LogP contribution in [0.15, 0.2) is 84.0 Å². The number of allylic oxidation sites excluding steroid dienone is 2. The lowest BCUT2D eigenvalue weighted by molar-refractivity contribution is -0.117. The number of anilines is 2. The Kier molecular flexibility index (Phi) is 11.3. The van der Waals surface area contributed by atoms with Gasteiger partial charge in [0.05, 0.1) is 5.69 Å². The Balaban J connectivity index is 1.62. The number of carbonyl (C=O) groups is 2. The van der Waals surface area contributed by atoms with Crippen molar-refractivity contribution in [3.05, 3.63) is 106 Å². The predicted octanol–water partition coefficient (Wildman–Crippen LogP) is 7.75. The van der Waals surface area contributed by atoms with E-state index in [0.29, 0.717) is 30.8 Å². The molecule has 0 saturated carbocycles. The molecule has 1 aromatic heterocycles. The molecular weight excluding hydrogens is 532 g/mol. The number of pyridine rings is 1. The monoisotopic (exact) mass is 578 g/mol. The number of hydrogen-bond acceptors (Lipinski definition) is 4. The molecule has 2 amide bonds. The molecular formula is C37H46N4O2. The Morgan fingerprint density at radius 1 is 0.930 bits per heavy atom. The average molecular weight is 579 g/mol. The third kappa shape index (κ3) is 7.81. The van der Waals surface area contributed by atoms with Gasteiger partial charge in [0, 0.05) is 37.3 Å². The molecule has 6 heteroatoms. The maximum absolute atomic E-state index is 14.2. The van der Waals surface area contributed by atoms with Crippen molar-refractivity contribution in [3.8, 4) is 0 Å². The summed E-state index contributed by atoms with van der Waals surface area (Å²) in [7, 11) is 0. The molecule has 226 valence electrons. The third-order valence-electron chi connectivity index (χ3n) is 7.98. The van der Waals surface area contributed by atoms with E-state index in [9.17, 15) is 9.59 Å². The number of amides is 2. The molecule has 0 atom stereocenters. The van der Waals surface area contributed by atoms with E-state index in [2.05, 4.69) is 61.3 Å². The van der Waals surface area contributed by atoms with Gasteiger partial charge in [0.1, 0.15) is 11.5 Å². The van der Waals surface area contributed by atoms with E-state index in [4.69, 9.17) is 4.98 Å². The van der Waals surface area contributed by atoms with Gasteiger partial charge in [-0.05, 0) is 80.0 Å². The van der Waals surface area contributed by atoms with Crippen molar-refractivity contribution in [1.29, 1.82) is 0 Å². The lowest BCUT2D eigenvalue weighted by atomic mass is 9.97. The standard InChI is InChI=1S/C37H46N4O2/c1-6-14-29-15-9-10-16-31(29)26-40(23-8-3)35-20-13-18-33(39-35)37(43)41-24-21-30(25-27(4)36(42)38-22-7-2)28(5)32-17-11-12-19-34(32)41/h9-13,15-20,25H,6-8,14,21-24,26H2,1-5H3,(H,38,42)/b27-25+. The number of aromatic nitrogens is 1. The van der Waals surface area contributed by atoms with Crippen molar-refractivity contribution >= 4 is 28.9 Å². The van der Waals surface area contributed by atoms with E-state index >= 15 is 0 Å². The van der Waals surface area contributed by atoms with Gasteiger partial charge in [-0.15, -0.1) is 0 Å². The van der Waals surface area contributed by atoms with Gasteiger partial charge in [-0.25, -0.2) is 4.98 Å². The van der Waals surface area contributed by atoms with Gasteiger partial charge in [0.15, 0.2) is 0 Å². The Morgan fingerprint density at radius 3 is 2.42 bits per heavy atom. The summed E-state index contributed by atoms with van der Waals surface area (Å²) in [5.74, 6) is 0.643. The van der Waals surface area contributed by atoms with Crippen LogP contribution in [0.4, 0.5) is 11.5 Å². The van der Waals surface area contributed by atoms with E-state index in [1.807, 2.05) is 61.2 Å². The number of para-hydroxylation sites is 1. The molecule has 0 fully saturated rings. The smallest absolute Gasteiger partial charge is 0.276 e. The maximum atomic E-state index is 14.2. The normalized spacial score (nSPS) is 13.4. The van der Waals surface area contributed by atoms with Crippen molar-refractivity contribution in [1.82, 2.24) is 10.3 Å². The highest BCUT2D eigenvalue weighted by atomic mass is 16.2. The van der Waals surface area contributed by atoms with E-state index < -0.39 is 0 Å². The van der Waals surface area contributed by atoms with Crippen LogP contribution in [0.1, 0.15) is 87.5 Å². The summed E-state index contributed by atoms with van der Waals surface area (Å²) >= 11 is 0. The van der Waals surface area contributed by atoms with Gasteiger partial charge in [-0.2, -0.15) is 0 Å². The van der Waals surface area contributed by atoms with Crippen LogP contribution in [0.5, 0.6) is 0 Å². The molecule has 0 aliphatic carbocycles. The number of hydrogen-bond donors (Lipinski definition) is 1. The lowest BCUT2D eigenvalue weighted by Gasteiger charge is -2.26. The molecule has 0 unspecified atom stereocenters. The second-order valence-electron chi connectivity index (χ2n) is 11.3. The van der Waals surface area contributed by atoms with Gasteiger partial charge in [-0.3, -0.25) is 9.59 Å². The fourth-order valence-corrected chi connectivity index (χ4v) is 5.67. The first-order valence-corrected chi connectivity index (χ1v) is 15.7. The van der Waals surface area contributed by atoms with Crippen molar-refractivity contribution in [2.45, 2.75) is 73.3 Å². The van der Waals surface area contributed by atoms with Crippen molar-refractivity contribution < 1.29 is 9.59 Å². The summed E-state index contributed by atoms with van der Waals surface area (Å²) < 4.78 is 0. The second-order valence-corrected chi connectivity index (χ2v) is 11.3. The highest BCUT2D eigenvalue weighted by Gasteiger charge is 2.26. The minimum atomic E-state index is -0.118. The van der Waals surface area contributed by atoms with Crippen molar-refractivity contribution in [3.63, 3.8) is 0 Å². The van der Waals surface area contributed by atoms with Crippen molar-refractivity contribution in [2.24, 2.45) is 0 Å². The van der Waals surface area contributed by atoms with Gasteiger partial charge in [0.2, 0.25) is 5.91 Å². The molecule has 0 saturated heterocycles. The molecule has 1 aliphatic heterocycles. The molecule has 1 N–H and O–H groups in total. The second kappa shape index (κ2) is 15.3. The molecule has 4 rings (SSSR count). The largest absolute Gasteiger partial charge is 0.352 e. The van der Waals surface area contributed by atoms with E-state index in [1.54, 1.807) is 0 Å². The van der Waals surface area contributed by atoms with Crippen LogP contribution in [-0.2, 0) is 17.8 Å². The molecule has 1 aliphatic rings. The molecule has 0 radical (unpaired) electrons. The van der Waals surface area contributed by atoms with Gasteiger partial charge in [-0.1, -0.05) is 81.8 Å².